The summed E-state index contributed by atoms with van der Waals surface area (Å²) in [7, 11) is 0. The average Bonchev–Trinajstić information content (AvgIpc) is 2.89. The Hall–Kier alpha value is -2.43. The van der Waals surface area contributed by atoms with Gasteiger partial charge in [-0.3, -0.25) is 9.59 Å². The zero-order valence-electron chi connectivity index (χ0n) is 9.59. The van der Waals surface area contributed by atoms with Gasteiger partial charge >= 0.3 is 5.97 Å². The first-order valence-corrected chi connectivity index (χ1v) is 5.51. The number of carbonyl (C=O) groups is 2. The minimum Gasteiger partial charge on any atom is -0.481 e. The van der Waals surface area contributed by atoms with Crippen LogP contribution in [0.15, 0.2) is 36.8 Å². The second-order valence-corrected chi connectivity index (χ2v) is 3.85. The van der Waals surface area contributed by atoms with Gasteiger partial charge in [0.25, 0.3) is 0 Å². The molecule has 2 rings (SSSR count). The summed E-state index contributed by atoms with van der Waals surface area (Å²) in [4.78, 5) is 29.3. The summed E-state index contributed by atoms with van der Waals surface area (Å²) in [6, 6.07) is 7.02. The number of H-pyrrole nitrogens is 1. The molecule has 92 valence electrons. The van der Waals surface area contributed by atoms with Gasteiger partial charge in [-0.25, -0.2) is 4.98 Å². The first-order valence-electron chi connectivity index (χ1n) is 5.51. The molecule has 5 nitrogen and oxygen atoms in total. The van der Waals surface area contributed by atoms with Crippen molar-refractivity contribution in [3.8, 4) is 0 Å². The van der Waals surface area contributed by atoms with Crippen LogP contribution in [0, 0.1) is 0 Å². The van der Waals surface area contributed by atoms with Crippen LogP contribution in [0.2, 0.25) is 0 Å². The van der Waals surface area contributed by atoms with Gasteiger partial charge in [0.2, 0.25) is 5.78 Å². The molecule has 18 heavy (non-hydrogen) atoms. The molecule has 0 aliphatic rings. The van der Waals surface area contributed by atoms with Crippen molar-refractivity contribution < 1.29 is 14.7 Å². The van der Waals surface area contributed by atoms with Crippen LogP contribution in [-0.2, 0) is 11.2 Å². The molecule has 0 amide bonds. The molecule has 0 radical (unpaired) electrons. The van der Waals surface area contributed by atoms with Crippen molar-refractivity contribution in [3.05, 3.63) is 53.6 Å². The van der Waals surface area contributed by atoms with Crippen molar-refractivity contribution in [3.63, 3.8) is 0 Å². The van der Waals surface area contributed by atoms with E-state index in [1.807, 2.05) is 0 Å². The molecule has 1 aromatic carbocycles. The van der Waals surface area contributed by atoms with Gasteiger partial charge in [-0.1, -0.05) is 24.3 Å². The highest BCUT2D eigenvalue weighted by Gasteiger charge is 2.14. The number of aromatic amines is 1. The van der Waals surface area contributed by atoms with E-state index in [4.69, 9.17) is 5.11 Å². The van der Waals surface area contributed by atoms with Gasteiger partial charge in [-0.05, 0) is 12.0 Å². The fourth-order valence-corrected chi connectivity index (χ4v) is 1.73. The Bertz CT molecular complexity index is 561. The maximum absolute atomic E-state index is 12.2. The molecule has 0 saturated carbocycles. The number of hydrogen-bond donors (Lipinski definition) is 2. The molecular weight excluding hydrogens is 232 g/mol. The second-order valence-electron chi connectivity index (χ2n) is 3.85. The van der Waals surface area contributed by atoms with E-state index in [0.717, 1.165) is 5.56 Å². The number of aromatic nitrogens is 2. The number of benzene rings is 1. The Morgan fingerprint density at radius 2 is 2.06 bits per heavy atom. The van der Waals surface area contributed by atoms with E-state index in [0.29, 0.717) is 17.7 Å². The summed E-state index contributed by atoms with van der Waals surface area (Å²) in [6.45, 7) is 0. The smallest absolute Gasteiger partial charge is 0.303 e. The molecule has 2 aromatic rings. The summed E-state index contributed by atoms with van der Waals surface area (Å²) in [5.41, 5.74) is 1.65. The van der Waals surface area contributed by atoms with Crippen LogP contribution < -0.4 is 0 Å². The number of hydrogen-bond acceptors (Lipinski definition) is 3. The van der Waals surface area contributed by atoms with Crippen molar-refractivity contribution >= 4 is 11.8 Å². The number of nitrogens with one attached hydrogen (secondary N) is 1. The van der Waals surface area contributed by atoms with Crippen LogP contribution in [0.5, 0.6) is 0 Å². The molecular formula is C13H12N2O3. The number of aliphatic carboxylic acids is 1. The van der Waals surface area contributed by atoms with Crippen molar-refractivity contribution in [2.24, 2.45) is 0 Å². The van der Waals surface area contributed by atoms with Gasteiger partial charge in [0.15, 0.2) is 0 Å². The highest BCUT2D eigenvalue weighted by atomic mass is 16.4. The lowest BCUT2D eigenvalue weighted by Gasteiger charge is -2.06. The first kappa shape index (κ1) is 12.0. The molecule has 1 heterocycles. The summed E-state index contributed by atoms with van der Waals surface area (Å²) >= 11 is 0. The predicted molar refractivity (Wildman–Crippen MR) is 64.4 cm³/mol. The molecule has 5 heteroatoms. The molecule has 0 unspecified atom stereocenters. The number of ketones is 1. The quantitative estimate of drug-likeness (QED) is 0.783. The van der Waals surface area contributed by atoms with Crippen molar-refractivity contribution in [2.45, 2.75) is 12.8 Å². The van der Waals surface area contributed by atoms with Crippen LogP contribution in [0.25, 0.3) is 0 Å². The molecule has 2 N–H and O–H groups in total. The Morgan fingerprint density at radius 1 is 1.28 bits per heavy atom. The van der Waals surface area contributed by atoms with Gasteiger partial charge in [0.05, 0.1) is 12.5 Å². The fourth-order valence-electron chi connectivity index (χ4n) is 1.73. The Labute approximate surface area is 103 Å². The van der Waals surface area contributed by atoms with Gasteiger partial charge < -0.3 is 10.1 Å². The number of carboxylic acids is 1. The molecule has 0 aliphatic heterocycles. The Balaban J connectivity index is 2.27. The van der Waals surface area contributed by atoms with Crippen LogP contribution >= 0.6 is 0 Å². The van der Waals surface area contributed by atoms with Crippen LogP contribution in [-0.4, -0.2) is 26.8 Å². The van der Waals surface area contributed by atoms with Crippen molar-refractivity contribution in [1.29, 1.82) is 0 Å². The molecule has 0 fully saturated rings. The van der Waals surface area contributed by atoms with E-state index in [2.05, 4.69) is 9.97 Å². The molecule has 0 saturated heterocycles. The van der Waals surface area contributed by atoms with E-state index < -0.39 is 5.97 Å². The summed E-state index contributed by atoms with van der Waals surface area (Å²) in [5, 5.41) is 8.69. The van der Waals surface area contributed by atoms with Gasteiger partial charge in [0, 0.05) is 12.0 Å². The van der Waals surface area contributed by atoms with Crippen molar-refractivity contribution in [2.75, 3.05) is 0 Å². The van der Waals surface area contributed by atoms with Crippen LogP contribution in [0.1, 0.15) is 28.0 Å². The van der Waals surface area contributed by atoms with E-state index >= 15 is 0 Å². The number of nitrogens with zero attached hydrogens (tertiary/aromatic N) is 1. The fraction of sp³-hybridized carbons (Fsp3) is 0.154. The molecule has 0 bridgehead atoms. The third-order valence-electron chi connectivity index (χ3n) is 2.61. The average molecular weight is 244 g/mol. The van der Waals surface area contributed by atoms with Gasteiger partial charge in [-0.2, -0.15) is 0 Å². The minimum atomic E-state index is -0.876. The molecule has 0 aliphatic carbocycles. The zero-order valence-corrected chi connectivity index (χ0v) is 9.59. The SMILES string of the molecule is O=C(O)CCc1ccccc1C(=O)c1cnc[nH]1. The Morgan fingerprint density at radius 3 is 2.72 bits per heavy atom. The number of rotatable bonds is 5. The minimum absolute atomic E-state index is 0.00721. The van der Waals surface area contributed by atoms with Gasteiger partial charge in [-0.15, -0.1) is 0 Å². The van der Waals surface area contributed by atoms with Crippen molar-refractivity contribution in [1.82, 2.24) is 9.97 Å². The maximum atomic E-state index is 12.2. The zero-order chi connectivity index (χ0) is 13.0. The molecule has 1 aromatic heterocycles. The summed E-state index contributed by atoms with van der Waals surface area (Å²) in [5.74, 6) is -1.05. The lowest BCUT2D eigenvalue weighted by molar-refractivity contribution is -0.136. The standard InChI is InChI=1S/C13H12N2O3/c16-12(17)6-5-9-3-1-2-4-10(9)13(18)11-7-14-8-15-11/h1-4,7-8H,5-6H2,(H,14,15)(H,16,17). The van der Waals surface area contributed by atoms with E-state index in [1.54, 1.807) is 24.3 Å². The normalized spacial score (nSPS) is 10.2. The second kappa shape index (κ2) is 5.27. The first-order chi connectivity index (χ1) is 8.68. The number of carboxylic acid groups (broad SMARTS) is 1. The molecule has 0 atom stereocenters. The topological polar surface area (TPSA) is 83.0 Å². The Kier molecular flexibility index (Phi) is 3.52. The van der Waals surface area contributed by atoms with Crippen LogP contribution in [0.3, 0.4) is 0 Å². The third-order valence-corrected chi connectivity index (χ3v) is 2.61. The van der Waals surface area contributed by atoms with Crippen LogP contribution in [0.4, 0.5) is 0 Å². The lowest BCUT2D eigenvalue weighted by Crippen LogP contribution is -2.07. The van der Waals surface area contributed by atoms with E-state index in [9.17, 15) is 9.59 Å². The monoisotopic (exact) mass is 244 g/mol. The van der Waals surface area contributed by atoms with E-state index in [-0.39, 0.29) is 12.2 Å². The lowest BCUT2D eigenvalue weighted by atomic mass is 9.98. The maximum Gasteiger partial charge on any atom is 0.303 e. The highest BCUT2D eigenvalue weighted by molar-refractivity contribution is 6.08. The molecule has 0 spiro atoms. The number of aryl methyl sites for hydroxylation is 1. The summed E-state index contributed by atoms with van der Waals surface area (Å²) < 4.78 is 0. The highest BCUT2D eigenvalue weighted by Crippen LogP contribution is 2.15. The van der Waals surface area contributed by atoms with Gasteiger partial charge in [0.1, 0.15) is 5.69 Å². The number of carbonyl (C=O) groups excluding carboxylic acids is 1. The largest absolute Gasteiger partial charge is 0.481 e. The summed E-state index contributed by atoms with van der Waals surface area (Å²) in [6.07, 6.45) is 3.24. The third kappa shape index (κ3) is 2.63. The number of imidazole rings is 1. The van der Waals surface area contributed by atoms with E-state index in [1.165, 1.54) is 12.5 Å². The predicted octanol–water partition coefficient (Wildman–Crippen LogP) is 1.66.